The summed E-state index contributed by atoms with van der Waals surface area (Å²) in [5.74, 6) is 0.502. The maximum absolute atomic E-state index is 11.2. The van der Waals surface area contributed by atoms with Gasteiger partial charge in [0.05, 0.1) is 5.56 Å². The Morgan fingerprint density at radius 2 is 1.93 bits per heavy atom. The van der Waals surface area contributed by atoms with Gasteiger partial charge in [-0.05, 0) is 46.5 Å². The van der Waals surface area contributed by atoms with Crippen molar-refractivity contribution in [2.75, 3.05) is 0 Å². The Labute approximate surface area is 173 Å². The number of aromatic nitrogens is 1. The number of ether oxygens (including phenoxy) is 1. The first-order chi connectivity index (χ1) is 14.1. The number of fused-ring (bicyclic) bond motifs is 1. The number of thiazole rings is 1. The van der Waals surface area contributed by atoms with E-state index in [0.717, 1.165) is 10.9 Å². The highest BCUT2D eigenvalue weighted by Gasteiger charge is 2.32. The van der Waals surface area contributed by atoms with E-state index in [2.05, 4.69) is 35.3 Å². The topological polar surface area (TPSA) is 66.1 Å². The van der Waals surface area contributed by atoms with Crippen molar-refractivity contribution in [3.8, 4) is 11.8 Å². The third-order valence-corrected chi connectivity index (χ3v) is 6.01. The molecule has 1 atom stereocenters. The Morgan fingerprint density at radius 3 is 2.66 bits per heavy atom. The molecule has 0 spiro atoms. The zero-order chi connectivity index (χ0) is 20.3. The number of aliphatic hydroxyl groups is 1. The average Bonchev–Trinajstić information content (AvgIpc) is 3.32. The largest absolute Gasteiger partial charge is 0.488 e. The molecule has 1 N–H and O–H groups in total. The zero-order valence-electron chi connectivity index (χ0n) is 16.0. The normalized spacial score (nSPS) is 13.0. The lowest BCUT2D eigenvalue weighted by atomic mass is 9.90. The molecule has 0 saturated heterocycles. The van der Waals surface area contributed by atoms with Crippen molar-refractivity contribution in [3.63, 3.8) is 0 Å². The molecule has 29 heavy (non-hydrogen) atoms. The first-order valence-electron chi connectivity index (χ1n) is 9.41. The third-order valence-electron chi connectivity index (χ3n) is 5.08. The SMILES string of the molecule is CCC(O)(c1ccc(OCc2ccc3ccccc3c2)c(C#N)c1)c1nccs1. The molecule has 1 aromatic heterocycles. The minimum atomic E-state index is -1.21. The average molecular weight is 401 g/mol. The predicted molar refractivity (Wildman–Crippen MR) is 115 cm³/mol. The maximum Gasteiger partial charge on any atom is 0.141 e. The molecule has 0 aliphatic rings. The van der Waals surface area contributed by atoms with E-state index < -0.39 is 5.60 Å². The van der Waals surface area contributed by atoms with Crippen LogP contribution in [0.4, 0.5) is 0 Å². The highest BCUT2D eigenvalue weighted by molar-refractivity contribution is 7.09. The third kappa shape index (κ3) is 3.73. The number of rotatable bonds is 6. The zero-order valence-corrected chi connectivity index (χ0v) is 16.8. The smallest absolute Gasteiger partial charge is 0.141 e. The Bertz CT molecular complexity index is 1180. The van der Waals surface area contributed by atoms with E-state index in [0.29, 0.717) is 34.9 Å². The molecule has 0 bridgehead atoms. The van der Waals surface area contributed by atoms with Gasteiger partial charge in [0.15, 0.2) is 0 Å². The molecule has 144 valence electrons. The fourth-order valence-electron chi connectivity index (χ4n) is 3.40. The van der Waals surface area contributed by atoms with E-state index in [-0.39, 0.29) is 0 Å². The van der Waals surface area contributed by atoms with E-state index in [1.54, 1.807) is 18.3 Å². The van der Waals surface area contributed by atoms with Gasteiger partial charge in [0.1, 0.15) is 29.0 Å². The number of nitrogens with zero attached hydrogens (tertiary/aromatic N) is 2. The number of nitriles is 1. The second-order valence-corrected chi connectivity index (χ2v) is 7.74. The second-order valence-electron chi connectivity index (χ2n) is 6.84. The molecule has 1 unspecified atom stereocenters. The summed E-state index contributed by atoms with van der Waals surface area (Å²) < 4.78 is 5.94. The van der Waals surface area contributed by atoms with Crippen molar-refractivity contribution in [2.24, 2.45) is 0 Å². The van der Waals surface area contributed by atoms with Gasteiger partial charge in [-0.25, -0.2) is 4.98 Å². The Hall–Kier alpha value is -3.20. The van der Waals surface area contributed by atoms with Crippen LogP contribution in [0.5, 0.6) is 5.75 Å². The van der Waals surface area contributed by atoms with Crippen molar-refractivity contribution in [1.82, 2.24) is 4.98 Å². The molecule has 1 heterocycles. The summed E-state index contributed by atoms with van der Waals surface area (Å²) in [6, 6.07) is 21.8. The Balaban J connectivity index is 1.59. The van der Waals surface area contributed by atoms with Crippen LogP contribution in [0.25, 0.3) is 10.8 Å². The second kappa shape index (κ2) is 8.04. The lowest BCUT2D eigenvalue weighted by Crippen LogP contribution is -2.26. The number of hydrogen-bond donors (Lipinski definition) is 1. The fourth-order valence-corrected chi connectivity index (χ4v) is 4.23. The minimum Gasteiger partial charge on any atom is -0.488 e. The van der Waals surface area contributed by atoms with Gasteiger partial charge in [-0.1, -0.05) is 49.4 Å². The molecule has 3 aromatic carbocycles. The van der Waals surface area contributed by atoms with Crippen LogP contribution in [0.2, 0.25) is 0 Å². The lowest BCUT2D eigenvalue weighted by molar-refractivity contribution is 0.0761. The van der Waals surface area contributed by atoms with Crippen molar-refractivity contribution in [1.29, 1.82) is 5.26 Å². The van der Waals surface area contributed by atoms with E-state index >= 15 is 0 Å². The van der Waals surface area contributed by atoms with Gasteiger partial charge in [-0.15, -0.1) is 11.3 Å². The number of hydrogen-bond acceptors (Lipinski definition) is 5. The first-order valence-corrected chi connectivity index (χ1v) is 10.3. The summed E-state index contributed by atoms with van der Waals surface area (Å²) in [6.07, 6.45) is 2.13. The monoisotopic (exact) mass is 400 g/mol. The molecule has 0 radical (unpaired) electrons. The maximum atomic E-state index is 11.2. The van der Waals surface area contributed by atoms with Gasteiger partial charge < -0.3 is 9.84 Å². The van der Waals surface area contributed by atoms with E-state index in [1.807, 2.05) is 36.6 Å². The van der Waals surface area contributed by atoms with Gasteiger partial charge in [0, 0.05) is 11.6 Å². The summed E-state index contributed by atoms with van der Waals surface area (Å²) in [7, 11) is 0. The standard InChI is InChI=1S/C24H20N2O2S/c1-2-24(27,23-26-11-12-29-23)21-9-10-22(20(14-21)15-25)28-16-17-7-8-18-5-3-4-6-19(18)13-17/h3-14,27H,2,16H2,1H3. The van der Waals surface area contributed by atoms with Crippen LogP contribution in [-0.4, -0.2) is 10.1 Å². The van der Waals surface area contributed by atoms with Crippen molar-refractivity contribution in [2.45, 2.75) is 25.6 Å². The molecule has 0 aliphatic carbocycles. The molecule has 0 fully saturated rings. The molecule has 4 nitrogen and oxygen atoms in total. The summed E-state index contributed by atoms with van der Waals surface area (Å²) in [6.45, 7) is 2.26. The van der Waals surface area contributed by atoms with E-state index in [1.165, 1.54) is 16.7 Å². The summed E-state index contributed by atoms with van der Waals surface area (Å²) in [5, 5.41) is 25.6. The molecule has 4 rings (SSSR count). The highest BCUT2D eigenvalue weighted by atomic mass is 32.1. The van der Waals surface area contributed by atoms with Gasteiger partial charge in [-0.3, -0.25) is 0 Å². The lowest BCUT2D eigenvalue weighted by Gasteiger charge is -2.25. The molecule has 0 aliphatic heterocycles. The Kier molecular flexibility index (Phi) is 5.30. The number of benzene rings is 3. The van der Waals surface area contributed by atoms with Crippen LogP contribution in [0.1, 0.15) is 35.0 Å². The van der Waals surface area contributed by atoms with Crippen LogP contribution >= 0.6 is 11.3 Å². The fraction of sp³-hybridized carbons (Fsp3) is 0.167. The van der Waals surface area contributed by atoms with Crippen LogP contribution in [0, 0.1) is 11.3 Å². The van der Waals surface area contributed by atoms with Crippen molar-refractivity contribution < 1.29 is 9.84 Å². The quantitative estimate of drug-likeness (QED) is 0.471. The van der Waals surface area contributed by atoms with Crippen molar-refractivity contribution in [3.05, 3.63) is 93.9 Å². The summed E-state index contributed by atoms with van der Waals surface area (Å²) in [4.78, 5) is 4.27. The van der Waals surface area contributed by atoms with Gasteiger partial charge in [0.25, 0.3) is 0 Å². The molecule has 0 amide bonds. The van der Waals surface area contributed by atoms with Crippen LogP contribution in [0.3, 0.4) is 0 Å². The molecular formula is C24H20N2O2S. The van der Waals surface area contributed by atoms with E-state index in [4.69, 9.17) is 4.74 Å². The summed E-state index contributed by atoms with van der Waals surface area (Å²) in [5.41, 5.74) is 0.859. The predicted octanol–water partition coefficient (Wildman–Crippen LogP) is 5.39. The molecule has 4 aromatic rings. The van der Waals surface area contributed by atoms with Crippen LogP contribution < -0.4 is 4.74 Å². The van der Waals surface area contributed by atoms with Crippen molar-refractivity contribution >= 4 is 22.1 Å². The minimum absolute atomic E-state index is 0.364. The first kappa shape index (κ1) is 19.1. The van der Waals surface area contributed by atoms with Crippen LogP contribution in [0.15, 0.2) is 72.2 Å². The highest BCUT2D eigenvalue weighted by Crippen LogP contribution is 2.36. The summed E-state index contributed by atoms with van der Waals surface area (Å²) >= 11 is 1.40. The van der Waals surface area contributed by atoms with Gasteiger partial charge in [-0.2, -0.15) is 5.26 Å². The Morgan fingerprint density at radius 1 is 1.10 bits per heavy atom. The van der Waals surface area contributed by atoms with Gasteiger partial charge >= 0.3 is 0 Å². The van der Waals surface area contributed by atoms with E-state index in [9.17, 15) is 10.4 Å². The molecule has 5 heteroatoms. The van der Waals surface area contributed by atoms with Crippen LogP contribution in [-0.2, 0) is 12.2 Å². The van der Waals surface area contributed by atoms with Gasteiger partial charge in [0.2, 0.25) is 0 Å². The molecule has 0 saturated carbocycles. The molecular weight excluding hydrogens is 380 g/mol.